The molecule has 2 aliphatic rings. The van der Waals surface area contributed by atoms with E-state index in [4.69, 9.17) is 0 Å². The quantitative estimate of drug-likeness (QED) is 0.858. The Kier molecular flexibility index (Phi) is 5.52. The van der Waals surface area contributed by atoms with Crippen molar-refractivity contribution in [1.29, 1.82) is 0 Å². The van der Waals surface area contributed by atoms with E-state index in [0.29, 0.717) is 17.9 Å². The van der Waals surface area contributed by atoms with Crippen LogP contribution < -0.4 is 10.2 Å². The highest BCUT2D eigenvalue weighted by atomic mass is 35.5. The highest BCUT2D eigenvalue weighted by molar-refractivity contribution is 5.85. The smallest absolute Gasteiger partial charge is 0.353 e. The average molecular weight is 330 g/mol. The predicted octanol–water partition coefficient (Wildman–Crippen LogP) is 2.88. The number of pyridine rings is 1. The Hall–Kier alpha value is -0.720. The van der Waals surface area contributed by atoms with Crippen LogP contribution in [0.4, 0.5) is 19.0 Å². The van der Waals surface area contributed by atoms with Crippen molar-refractivity contribution in [2.75, 3.05) is 18.0 Å². The molecule has 1 aromatic heterocycles. The molecule has 0 saturated carbocycles. The number of nitrogens with one attached hydrogen (secondary N) is 1. The van der Waals surface area contributed by atoms with E-state index in [2.05, 4.69) is 15.2 Å². The van der Waals surface area contributed by atoms with E-state index in [-0.39, 0.29) is 24.8 Å². The Morgan fingerprint density at radius 2 is 1.70 bits per heavy atom. The summed E-state index contributed by atoms with van der Waals surface area (Å²) in [6, 6.07) is 3.47. The van der Waals surface area contributed by atoms with E-state index < -0.39 is 11.7 Å². The van der Waals surface area contributed by atoms with Gasteiger partial charge in [0.1, 0.15) is 5.82 Å². The van der Waals surface area contributed by atoms with Gasteiger partial charge in [-0.3, -0.25) is 0 Å². The van der Waals surface area contributed by atoms with E-state index in [1.54, 1.807) is 0 Å². The lowest BCUT2D eigenvalue weighted by molar-refractivity contribution is -0.137. The molecule has 0 radical (unpaired) electrons. The molecule has 3 rings (SSSR count). The molecule has 2 bridgehead atoms. The molecule has 2 atom stereocenters. The van der Waals surface area contributed by atoms with Crippen molar-refractivity contribution in [1.82, 2.24) is 10.3 Å². The summed E-state index contributed by atoms with van der Waals surface area (Å²) >= 11 is 0. The van der Waals surface area contributed by atoms with E-state index in [1.807, 2.05) is 0 Å². The van der Waals surface area contributed by atoms with Crippen LogP contribution in [-0.4, -0.2) is 30.2 Å². The molecule has 3 nitrogen and oxygen atoms in total. The molecule has 0 aliphatic carbocycles. The van der Waals surface area contributed by atoms with Crippen molar-refractivity contribution in [2.45, 2.75) is 31.1 Å². The number of hydrogen-bond donors (Lipinski definition) is 1. The second-order valence-electron chi connectivity index (χ2n) is 4.95. The minimum atomic E-state index is -4.31. The number of hydrogen-bond acceptors (Lipinski definition) is 3. The number of nitrogens with zero attached hydrogens (tertiary/aromatic N) is 2. The average Bonchev–Trinajstić information content (AvgIpc) is 2.67. The molecule has 2 aliphatic heterocycles. The van der Waals surface area contributed by atoms with Crippen molar-refractivity contribution in [3.05, 3.63) is 23.9 Å². The van der Waals surface area contributed by atoms with Crippen LogP contribution >= 0.6 is 24.8 Å². The molecule has 2 unspecified atom stereocenters. The molecular weight excluding hydrogens is 314 g/mol. The minimum absolute atomic E-state index is 0. The van der Waals surface area contributed by atoms with Gasteiger partial charge in [-0.25, -0.2) is 4.98 Å². The second-order valence-corrected chi connectivity index (χ2v) is 4.95. The first-order valence-electron chi connectivity index (χ1n) is 6.06. The molecule has 1 N–H and O–H groups in total. The summed E-state index contributed by atoms with van der Waals surface area (Å²) in [6.07, 6.45) is -1.11. The van der Waals surface area contributed by atoms with Gasteiger partial charge in [-0.15, -0.1) is 24.8 Å². The van der Waals surface area contributed by atoms with E-state index >= 15 is 0 Å². The van der Waals surface area contributed by atoms with E-state index in [0.717, 1.165) is 38.2 Å². The Morgan fingerprint density at radius 3 is 2.15 bits per heavy atom. The monoisotopic (exact) mass is 329 g/mol. The fraction of sp³-hybridized carbons (Fsp3) is 0.583. The Bertz CT molecular complexity index is 427. The fourth-order valence-electron chi connectivity index (χ4n) is 2.72. The maximum Gasteiger partial charge on any atom is 0.417 e. The summed E-state index contributed by atoms with van der Waals surface area (Å²) in [5.74, 6) is 0.640. The lowest BCUT2D eigenvalue weighted by Crippen LogP contribution is -2.51. The van der Waals surface area contributed by atoms with Crippen molar-refractivity contribution < 1.29 is 13.2 Å². The third-order valence-electron chi connectivity index (χ3n) is 3.62. The first kappa shape index (κ1) is 17.3. The number of halogens is 5. The zero-order valence-corrected chi connectivity index (χ0v) is 12.2. The molecule has 0 spiro atoms. The molecular formula is C12H16Cl2F3N3. The molecule has 2 fully saturated rings. The summed E-state index contributed by atoms with van der Waals surface area (Å²) in [5, 5.41) is 3.48. The van der Waals surface area contributed by atoms with Crippen molar-refractivity contribution in [2.24, 2.45) is 0 Å². The van der Waals surface area contributed by atoms with Crippen LogP contribution in [0.15, 0.2) is 18.3 Å². The summed E-state index contributed by atoms with van der Waals surface area (Å²) in [7, 11) is 0. The summed E-state index contributed by atoms with van der Waals surface area (Å²) < 4.78 is 37.3. The van der Waals surface area contributed by atoms with Crippen LogP contribution in [0, 0.1) is 0 Å². The van der Waals surface area contributed by atoms with Gasteiger partial charge in [-0.05, 0) is 25.0 Å². The predicted molar refractivity (Wildman–Crippen MR) is 75.9 cm³/mol. The van der Waals surface area contributed by atoms with Gasteiger partial charge < -0.3 is 10.2 Å². The topological polar surface area (TPSA) is 28.2 Å². The number of fused-ring (bicyclic) bond motifs is 2. The highest BCUT2D eigenvalue weighted by Gasteiger charge is 2.34. The third-order valence-corrected chi connectivity index (χ3v) is 3.62. The van der Waals surface area contributed by atoms with Crippen LogP contribution in [0.25, 0.3) is 0 Å². The largest absolute Gasteiger partial charge is 0.417 e. The maximum atomic E-state index is 12.4. The van der Waals surface area contributed by atoms with E-state index in [1.165, 1.54) is 6.07 Å². The Balaban J connectivity index is 0.000001000. The molecule has 0 amide bonds. The van der Waals surface area contributed by atoms with Gasteiger partial charge in [0.05, 0.1) is 5.56 Å². The van der Waals surface area contributed by atoms with Gasteiger partial charge >= 0.3 is 6.18 Å². The minimum Gasteiger partial charge on any atom is -0.353 e. The Morgan fingerprint density at radius 1 is 1.10 bits per heavy atom. The lowest BCUT2D eigenvalue weighted by Gasteiger charge is -2.33. The standard InChI is InChI=1S/C12H14F3N3.2ClH/c13-12(14,15)8-1-4-11(16-5-8)18-6-9-2-3-10(7-18)17-9;;/h1,4-5,9-10,17H,2-3,6-7H2;2*1H. The van der Waals surface area contributed by atoms with Gasteiger partial charge in [-0.2, -0.15) is 13.2 Å². The second kappa shape index (κ2) is 6.37. The van der Waals surface area contributed by atoms with Crippen molar-refractivity contribution in [3.8, 4) is 0 Å². The highest BCUT2D eigenvalue weighted by Crippen LogP contribution is 2.30. The van der Waals surface area contributed by atoms with Gasteiger partial charge in [0, 0.05) is 31.4 Å². The lowest BCUT2D eigenvalue weighted by atomic mass is 10.2. The van der Waals surface area contributed by atoms with Crippen LogP contribution in [-0.2, 0) is 6.18 Å². The Labute approximate surface area is 127 Å². The molecule has 1 aromatic rings. The first-order chi connectivity index (χ1) is 8.52. The summed E-state index contributed by atoms with van der Waals surface area (Å²) in [4.78, 5) is 6.01. The zero-order chi connectivity index (χ0) is 12.8. The molecule has 20 heavy (non-hydrogen) atoms. The third kappa shape index (κ3) is 3.48. The van der Waals surface area contributed by atoms with Gasteiger partial charge in [0.2, 0.25) is 0 Å². The first-order valence-corrected chi connectivity index (χ1v) is 6.06. The fourth-order valence-corrected chi connectivity index (χ4v) is 2.72. The van der Waals surface area contributed by atoms with Crippen molar-refractivity contribution in [3.63, 3.8) is 0 Å². The number of aromatic nitrogens is 1. The molecule has 2 saturated heterocycles. The van der Waals surface area contributed by atoms with E-state index in [9.17, 15) is 13.2 Å². The molecule has 8 heteroatoms. The summed E-state index contributed by atoms with van der Waals surface area (Å²) in [6.45, 7) is 1.66. The normalized spacial score (nSPS) is 24.9. The molecule has 0 aromatic carbocycles. The van der Waals surface area contributed by atoms with Gasteiger partial charge in [0.25, 0.3) is 0 Å². The zero-order valence-electron chi connectivity index (χ0n) is 10.6. The van der Waals surface area contributed by atoms with Gasteiger partial charge in [-0.1, -0.05) is 0 Å². The number of alkyl halides is 3. The summed E-state index contributed by atoms with van der Waals surface area (Å²) in [5.41, 5.74) is -0.690. The SMILES string of the molecule is Cl.Cl.FC(F)(F)c1ccc(N2CC3CCC(C2)N3)nc1. The number of rotatable bonds is 1. The van der Waals surface area contributed by atoms with Crippen LogP contribution in [0.2, 0.25) is 0 Å². The van der Waals surface area contributed by atoms with Crippen molar-refractivity contribution >= 4 is 30.6 Å². The van der Waals surface area contributed by atoms with Crippen LogP contribution in [0.3, 0.4) is 0 Å². The molecule has 114 valence electrons. The number of piperazine rings is 1. The maximum absolute atomic E-state index is 12.4. The van der Waals surface area contributed by atoms with Crippen LogP contribution in [0.5, 0.6) is 0 Å². The molecule has 3 heterocycles. The number of anilines is 1. The van der Waals surface area contributed by atoms with Gasteiger partial charge in [0.15, 0.2) is 0 Å². The van der Waals surface area contributed by atoms with Crippen LogP contribution in [0.1, 0.15) is 18.4 Å².